The number of hydrogen-bond donors (Lipinski definition) is 0. The second-order valence-corrected chi connectivity index (χ2v) is 2.34. The third-order valence-corrected chi connectivity index (χ3v) is 1.62. The summed E-state index contributed by atoms with van der Waals surface area (Å²) in [6, 6.07) is 1.52. The largest absolute Gasteiger partial charge is 0.337 e. The Kier molecular flexibility index (Phi) is 1.57. The van der Waals surface area contributed by atoms with Gasteiger partial charge in [-0.2, -0.15) is 4.98 Å². The molecule has 0 N–H and O–H groups in total. The minimum atomic E-state index is -0.159. The molecule has 0 bridgehead atoms. The van der Waals surface area contributed by atoms with E-state index in [4.69, 9.17) is 0 Å². The van der Waals surface area contributed by atoms with Crippen LogP contribution in [0.15, 0.2) is 10.9 Å². The standard InChI is InChI=1S/C7H10N2O/c1-5-4-7(10)8-6(2)9(5)3/h4H,1-3H3. The highest BCUT2D eigenvalue weighted by Gasteiger charge is 1.95. The van der Waals surface area contributed by atoms with E-state index in [0.29, 0.717) is 0 Å². The quantitative estimate of drug-likeness (QED) is 0.520. The molecule has 0 radical (unpaired) electrons. The fourth-order valence-electron chi connectivity index (χ4n) is 0.797. The summed E-state index contributed by atoms with van der Waals surface area (Å²) in [5.74, 6) is 0.755. The lowest BCUT2D eigenvalue weighted by atomic mass is 10.4. The van der Waals surface area contributed by atoms with Crippen molar-refractivity contribution >= 4 is 0 Å². The highest BCUT2D eigenvalue weighted by atomic mass is 16.1. The van der Waals surface area contributed by atoms with Crippen molar-refractivity contribution in [2.24, 2.45) is 7.05 Å². The van der Waals surface area contributed by atoms with Crippen LogP contribution in [0.1, 0.15) is 11.5 Å². The van der Waals surface area contributed by atoms with E-state index in [0.717, 1.165) is 11.5 Å². The maximum Gasteiger partial charge on any atom is 0.273 e. The van der Waals surface area contributed by atoms with Crippen LogP contribution in [0.2, 0.25) is 0 Å². The first-order chi connectivity index (χ1) is 4.61. The molecule has 3 nitrogen and oxygen atoms in total. The Labute approximate surface area is 59.3 Å². The number of nitrogens with zero attached hydrogens (tertiary/aromatic N) is 2. The Hall–Kier alpha value is -1.12. The van der Waals surface area contributed by atoms with Gasteiger partial charge >= 0.3 is 0 Å². The Bertz CT molecular complexity index is 275. The molecule has 54 valence electrons. The highest BCUT2D eigenvalue weighted by Crippen LogP contribution is 1.92. The van der Waals surface area contributed by atoms with Crippen molar-refractivity contribution in [2.45, 2.75) is 13.8 Å². The zero-order chi connectivity index (χ0) is 7.72. The lowest BCUT2D eigenvalue weighted by molar-refractivity contribution is 0.765. The number of rotatable bonds is 0. The van der Waals surface area contributed by atoms with Crippen molar-refractivity contribution in [1.82, 2.24) is 9.55 Å². The maximum atomic E-state index is 10.7. The van der Waals surface area contributed by atoms with E-state index in [2.05, 4.69) is 4.98 Å². The van der Waals surface area contributed by atoms with Crippen molar-refractivity contribution in [3.8, 4) is 0 Å². The molecule has 0 saturated carbocycles. The van der Waals surface area contributed by atoms with Crippen LogP contribution < -0.4 is 5.56 Å². The lowest BCUT2D eigenvalue weighted by Gasteiger charge is -2.04. The third-order valence-electron chi connectivity index (χ3n) is 1.62. The second kappa shape index (κ2) is 2.25. The summed E-state index contributed by atoms with van der Waals surface area (Å²) in [5.41, 5.74) is 0.783. The van der Waals surface area contributed by atoms with Crippen molar-refractivity contribution in [2.75, 3.05) is 0 Å². The molecule has 0 aliphatic carbocycles. The van der Waals surface area contributed by atoms with Gasteiger partial charge in [-0.05, 0) is 13.8 Å². The van der Waals surface area contributed by atoms with Crippen LogP contribution in [0.25, 0.3) is 0 Å². The highest BCUT2D eigenvalue weighted by molar-refractivity contribution is 5.01. The summed E-state index contributed by atoms with van der Waals surface area (Å²) < 4.78 is 1.88. The van der Waals surface area contributed by atoms with Crippen LogP contribution in [-0.4, -0.2) is 9.55 Å². The van der Waals surface area contributed by atoms with E-state index < -0.39 is 0 Å². The maximum absolute atomic E-state index is 10.7. The summed E-state index contributed by atoms with van der Waals surface area (Å²) in [7, 11) is 1.89. The molecular formula is C7H10N2O. The smallest absolute Gasteiger partial charge is 0.273 e. The molecule has 0 saturated heterocycles. The fraction of sp³-hybridized carbons (Fsp3) is 0.429. The molecule has 0 atom stereocenters. The Morgan fingerprint density at radius 2 is 2.10 bits per heavy atom. The molecule has 10 heavy (non-hydrogen) atoms. The first-order valence-corrected chi connectivity index (χ1v) is 3.12. The molecule has 3 heteroatoms. The van der Waals surface area contributed by atoms with Crippen LogP contribution in [0, 0.1) is 13.8 Å². The number of aryl methyl sites for hydroxylation is 2. The van der Waals surface area contributed by atoms with Crippen molar-refractivity contribution in [3.63, 3.8) is 0 Å². The molecule has 1 aromatic heterocycles. The van der Waals surface area contributed by atoms with Gasteiger partial charge in [0.05, 0.1) is 0 Å². The predicted octanol–water partition coefficient (Wildman–Crippen LogP) is 0.397. The Morgan fingerprint density at radius 3 is 2.60 bits per heavy atom. The molecular weight excluding hydrogens is 128 g/mol. The van der Waals surface area contributed by atoms with E-state index >= 15 is 0 Å². The van der Waals surface area contributed by atoms with Gasteiger partial charge in [0.2, 0.25) is 0 Å². The summed E-state index contributed by atoms with van der Waals surface area (Å²) >= 11 is 0. The van der Waals surface area contributed by atoms with Gasteiger partial charge in [-0.3, -0.25) is 4.79 Å². The zero-order valence-electron chi connectivity index (χ0n) is 6.38. The fourth-order valence-corrected chi connectivity index (χ4v) is 0.797. The second-order valence-electron chi connectivity index (χ2n) is 2.34. The number of aromatic nitrogens is 2. The van der Waals surface area contributed by atoms with Crippen LogP contribution in [0.5, 0.6) is 0 Å². The van der Waals surface area contributed by atoms with E-state index in [1.807, 2.05) is 25.5 Å². The van der Waals surface area contributed by atoms with Crippen molar-refractivity contribution in [1.29, 1.82) is 0 Å². The minimum Gasteiger partial charge on any atom is -0.337 e. The van der Waals surface area contributed by atoms with Crippen LogP contribution >= 0.6 is 0 Å². The third kappa shape index (κ3) is 1.07. The van der Waals surface area contributed by atoms with Gasteiger partial charge in [0.25, 0.3) is 5.56 Å². The van der Waals surface area contributed by atoms with Crippen LogP contribution in [-0.2, 0) is 7.05 Å². The van der Waals surface area contributed by atoms with Crippen LogP contribution in [0.3, 0.4) is 0 Å². The van der Waals surface area contributed by atoms with Gasteiger partial charge in [-0.1, -0.05) is 0 Å². The molecule has 1 aromatic rings. The first kappa shape index (κ1) is 6.99. The summed E-state index contributed by atoms with van der Waals surface area (Å²) in [5, 5.41) is 0. The molecule has 0 aromatic carbocycles. The topological polar surface area (TPSA) is 34.9 Å². The minimum absolute atomic E-state index is 0.159. The molecule has 0 aliphatic rings. The van der Waals surface area contributed by atoms with E-state index in [9.17, 15) is 4.79 Å². The Balaban J connectivity index is 3.46. The van der Waals surface area contributed by atoms with Crippen molar-refractivity contribution < 1.29 is 0 Å². The summed E-state index contributed by atoms with van der Waals surface area (Å²) in [6.07, 6.45) is 0. The van der Waals surface area contributed by atoms with Gasteiger partial charge in [0.15, 0.2) is 0 Å². The number of hydrogen-bond acceptors (Lipinski definition) is 2. The molecule has 0 unspecified atom stereocenters. The van der Waals surface area contributed by atoms with Gasteiger partial charge < -0.3 is 4.57 Å². The average molecular weight is 138 g/mol. The zero-order valence-corrected chi connectivity index (χ0v) is 6.38. The molecule has 1 rings (SSSR count). The molecule has 0 fully saturated rings. The van der Waals surface area contributed by atoms with E-state index in [1.54, 1.807) is 0 Å². The van der Waals surface area contributed by atoms with Crippen LogP contribution in [0.4, 0.5) is 0 Å². The van der Waals surface area contributed by atoms with Gasteiger partial charge in [-0.25, -0.2) is 0 Å². The predicted molar refractivity (Wildman–Crippen MR) is 39.0 cm³/mol. The first-order valence-electron chi connectivity index (χ1n) is 3.12. The van der Waals surface area contributed by atoms with Gasteiger partial charge in [-0.15, -0.1) is 0 Å². The Morgan fingerprint density at radius 1 is 1.50 bits per heavy atom. The summed E-state index contributed by atoms with van der Waals surface area (Å²) in [6.45, 7) is 3.70. The van der Waals surface area contributed by atoms with Crippen molar-refractivity contribution in [3.05, 3.63) is 27.9 Å². The summed E-state index contributed by atoms with van der Waals surface area (Å²) in [4.78, 5) is 14.5. The van der Waals surface area contributed by atoms with E-state index in [-0.39, 0.29) is 5.56 Å². The molecule has 0 aliphatic heterocycles. The van der Waals surface area contributed by atoms with Gasteiger partial charge in [0, 0.05) is 18.8 Å². The van der Waals surface area contributed by atoms with E-state index in [1.165, 1.54) is 6.07 Å². The lowest BCUT2D eigenvalue weighted by Crippen LogP contribution is -2.14. The monoisotopic (exact) mass is 138 g/mol. The molecule has 0 spiro atoms. The van der Waals surface area contributed by atoms with Gasteiger partial charge in [0.1, 0.15) is 5.82 Å². The average Bonchev–Trinajstić information content (AvgIpc) is 1.82. The normalized spacial score (nSPS) is 9.90. The SMILES string of the molecule is Cc1cc(=O)nc(C)n1C. The molecule has 1 heterocycles. The molecule has 0 amide bonds.